The molecule has 2 rings (SSSR count). The molecule has 0 radical (unpaired) electrons. The lowest BCUT2D eigenvalue weighted by Crippen LogP contribution is -2.29. The second-order valence-electron chi connectivity index (χ2n) is 5.84. The average molecular weight is 266 g/mol. The van der Waals surface area contributed by atoms with E-state index >= 15 is 0 Å². The molecule has 1 aromatic carbocycles. The van der Waals surface area contributed by atoms with Crippen LogP contribution in [0, 0.1) is 12.3 Å². The highest BCUT2D eigenvalue weighted by atomic mass is 35.5. The predicted octanol–water partition coefficient (Wildman–Crippen LogP) is 4.70. The molecule has 2 aromatic rings. The van der Waals surface area contributed by atoms with Gasteiger partial charge in [0.2, 0.25) is 0 Å². The van der Waals surface area contributed by atoms with Gasteiger partial charge in [-0.25, -0.2) is 0 Å². The van der Waals surface area contributed by atoms with Gasteiger partial charge in [-0.15, -0.1) is 0 Å². The molecular weight excluding hydrogens is 246 g/mol. The Morgan fingerprint density at radius 1 is 1.28 bits per heavy atom. The molecule has 0 saturated carbocycles. The van der Waals surface area contributed by atoms with Crippen molar-refractivity contribution in [3.05, 3.63) is 34.5 Å². The largest absolute Gasteiger partial charge is 0.459 e. The number of benzene rings is 1. The van der Waals surface area contributed by atoms with Gasteiger partial charge in [0, 0.05) is 5.39 Å². The van der Waals surface area contributed by atoms with Crippen molar-refractivity contribution < 1.29 is 4.42 Å². The van der Waals surface area contributed by atoms with E-state index < -0.39 is 0 Å². The topological polar surface area (TPSA) is 25.2 Å². The average Bonchev–Trinajstić information content (AvgIpc) is 2.68. The first-order chi connectivity index (χ1) is 8.34. The van der Waals surface area contributed by atoms with Gasteiger partial charge in [0.25, 0.3) is 0 Å². The number of hydrogen-bond donors (Lipinski definition) is 1. The van der Waals surface area contributed by atoms with Crippen LogP contribution in [0.3, 0.4) is 0 Å². The third-order valence-corrected chi connectivity index (χ3v) is 3.62. The van der Waals surface area contributed by atoms with Crippen LogP contribution in [0.15, 0.2) is 22.6 Å². The molecule has 18 heavy (non-hydrogen) atoms. The van der Waals surface area contributed by atoms with Crippen molar-refractivity contribution in [3.8, 4) is 0 Å². The van der Waals surface area contributed by atoms with E-state index in [1.807, 2.05) is 26.1 Å². The number of fused-ring (bicyclic) bond motifs is 1. The van der Waals surface area contributed by atoms with Gasteiger partial charge in [0.1, 0.15) is 11.3 Å². The Hall–Kier alpha value is -0.990. The number of nitrogens with one attached hydrogen (secondary N) is 1. The molecule has 1 heterocycles. The first-order valence-electron chi connectivity index (χ1n) is 6.20. The summed E-state index contributed by atoms with van der Waals surface area (Å²) in [6.07, 6.45) is 0. The Labute approximate surface area is 113 Å². The molecule has 0 saturated heterocycles. The van der Waals surface area contributed by atoms with Crippen LogP contribution in [0.4, 0.5) is 0 Å². The van der Waals surface area contributed by atoms with Crippen LogP contribution in [0.1, 0.15) is 38.1 Å². The minimum Gasteiger partial charge on any atom is -0.459 e. The van der Waals surface area contributed by atoms with E-state index in [2.05, 4.69) is 32.2 Å². The molecule has 0 fully saturated rings. The van der Waals surface area contributed by atoms with Crippen molar-refractivity contribution in [2.45, 2.75) is 33.7 Å². The van der Waals surface area contributed by atoms with E-state index in [9.17, 15) is 0 Å². The third-order valence-electron chi connectivity index (χ3n) is 3.29. The molecular formula is C15H20ClNO. The van der Waals surface area contributed by atoms with Crippen molar-refractivity contribution >= 4 is 22.6 Å². The summed E-state index contributed by atoms with van der Waals surface area (Å²) >= 11 is 6.22. The Bertz CT molecular complexity index is 527. The maximum Gasteiger partial charge on any atom is 0.138 e. The summed E-state index contributed by atoms with van der Waals surface area (Å²) in [6.45, 7) is 8.61. The van der Waals surface area contributed by atoms with Gasteiger partial charge in [-0.05, 0) is 37.1 Å². The number of hydrogen-bond acceptors (Lipinski definition) is 2. The Morgan fingerprint density at radius 3 is 2.44 bits per heavy atom. The van der Waals surface area contributed by atoms with E-state index in [1.54, 1.807) is 0 Å². The number of rotatable bonds is 2. The number of halogens is 1. The fraction of sp³-hybridized carbons (Fsp3) is 0.467. The highest BCUT2D eigenvalue weighted by Crippen LogP contribution is 2.37. The van der Waals surface area contributed by atoms with Crippen molar-refractivity contribution in [1.29, 1.82) is 0 Å². The van der Waals surface area contributed by atoms with E-state index in [1.165, 1.54) is 0 Å². The summed E-state index contributed by atoms with van der Waals surface area (Å²) in [4.78, 5) is 0. The van der Waals surface area contributed by atoms with Crippen LogP contribution in [0.25, 0.3) is 11.0 Å². The van der Waals surface area contributed by atoms with Gasteiger partial charge in [0.15, 0.2) is 0 Å². The zero-order chi connectivity index (χ0) is 13.5. The molecule has 1 atom stereocenters. The Balaban J connectivity index is 2.60. The Kier molecular flexibility index (Phi) is 3.43. The van der Waals surface area contributed by atoms with Crippen LogP contribution >= 0.6 is 11.6 Å². The van der Waals surface area contributed by atoms with Crippen LogP contribution in [0.5, 0.6) is 0 Å². The quantitative estimate of drug-likeness (QED) is 0.851. The van der Waals surface area contributed by atoms with Crippen LogP contribution < -0.4 is 5.32 Å². The molecule has 98 valence electrons. The molecule has 1 N–H and O–H groups in total. The van der Waals surface area contributed by atoms with Gasteiger partial charge in [0.05, 0.1) is 11.1 Å². The highest BCUT2D eigenvalue weighted by Gasteiger charge is 2.28. The van der Waals surface area contributed by atoms with Crippen molar-refractivity contribution in [3.63, 3.8) is 0 Å². The molecule has 0 amide bonds. The summed E-state index contributed by atoms with van der Waals surface area (Å²) in [5.41, 5.74) is 2.09. The summed E-state index contributed by atoms with van der Waals surface area (Å²) in [5, 5.41) is 5.06. The first-order valence-corrected chi connectivity index (χ1v) is 6.58. The number of aryl methyl sites for hydroxylation is 1. The van der Waals surface area contributed by atoms with E-state index in [4.69, 9.17) is 16.0 Å². The third kappa shape index (κ3) is 2.27. The molecule has 0 aliphatic heterocycles. The summed E-state index contributed by atoms with van der Waals surface area (Å²) in [7, 11) is 1.96. The Morgan fingerprint density at radius 2 is 1.94 bits per heavy atom. The number of furan rings is 1. The van der Waals surface area contributed by atoms with Crippen LogP contribution in [-0.4, -0.2) is 7.05 Å². The molecule has 3 heteroatoms. The highest BCUT2D eigenvalue weighted by molar-refractivity contribution is 6.35. The fourth-order valence-corrected chi connectivity index (χ4v) is 2.59. The smallest absolute Gasteiger partial charge is 0.138 e. The monoisotopic (exact) mass is 265 g/mol. The van der Waals surface area contributed by atoms with Crippen LogP contribution in [-0.2, 0) is 0 Å². The fourth-order valence-electron chi connectivity index (χ4n) is 2.39. The molecule has 0 aliphatic rings. The molecule has 2 nitrogen and oxygen atoms in total. The minimum atomic E-state index is 0.0863. The van der Waals surface area contributed by atoms with Gasteiger partial charge in [-0.3, -0.25) is 0 Å². The van der Waals surface area contributed by atoms with Gasteiger partial charge in [-0.2, -0.15) is 0 Å². The summed E-state index contributed by atoms with van der Waals surface area (Å²) < 4.78 is 6.01. The van der Waals surface area contributed by atoms with E-state index in [0.29, 0.717) is 0 Å². The van der Waals surface area contributed by atoms with E-state index in [0.717, 1.165) is 27.3 Å². The molecule has 0 bridgehead atoms. The summed E-state index contributed by atoms with van der Waals surface area (Å²) in [6, 6.07) is 6.13. The van der Waals surface area contributed by atoms with Gasteiger partial charge in [-0.1, -0.05) is 38.4 Å². The van der Waals surface area contributed by atoms with Gasteiger partial charge < -0.3 is 9.73 Å². The van der Waals surface area contributed by atoms with Crippen LogP contribution in [0.2, 0.25) is 5.02 Å². The molecule has 0 aliphatic carbocycles. The van der Waals surface area contributed by atoms with E-state index in [-0.39, 0.29) is 11.5 Å². The minimum absolute atomic E-state index is 0.0863. The normalized spacial score (nSPS) is 14.1. The lowest BCUT2D eigenvalue weighted by molar-refractivity contribution is 0.253. The maximum absolute atomic E-state index is 6.22. The maximum atomic E-state index is 6.22. The standard InChI is InChI=1S/C15H20ClNO/c1-9-6-7-11(16)10-8-12(18-13(9)10)14(17-5)15(2,3)4/h6-8,14,17H,1-5H3. The molecule has 0 spiro atoms. The second-order valence-corrected chi connectivity index (χ2v) is 6.25. The zero-order valence-corrected chi connectivity index (χ0v) is 12.4. The predicted molar refractivity (Wildman–Crippen MR) is 77.2 cm³/mol. The molecule has 1 aromatic heterocycles. The lowest BCUT2D eigenvalue weighted by atomic mass is 9.85. The lowest BCUT2D eigenvalue weighted by Gasteiger charge is -2.28. The van der Waals surface area contributed by atoms with Gasteiger partial charge >= 0.3 is 0 Å². The second kappa shape index (κ2) is 4.60. The van der Waals surface area contributed by atoms with Crippen molar-refractivity contribution in [2.75, 3.05) is 7.05 Å². The summed E-state index contributed by atoms with van der Waals surface area (Å²) in [5.74, 6) is 0.941. The van der Waals surface area contributed by atoms with Crippen molar-refractivity contribution in [2.24, 2.45) is 5.41 Å². The van der Waals surface area contributed by atoms with Crippen molar-refractivity contribution in [1.82, 2.24) is 5.32 Å². The first kappa shape index (κ1) is 13.4. The zero-order valence-electron chi connectivity index (χ0n) is 11.6. The SMILES string of the molecule is CNC(c1cc2c(Cl)ccc(C)c2o1)C(C)(C)C. The molecule has 1 unspecified atom stereocenters.